The molecule has 3 heterocycles. The zero-order valence-corrected chi connectivity index (χ0v) is 13.4. The van der Waals surface area contributed by atoms with Crippen molar-refractivity contribution >= 4 is 17.8 Å². The number of amides is 2. The third-order valence-electron chi connectivity index (χ3n) is 3.93. The van der Waals surface area contributed by atoms with Crippen LogP contribution in [0, 0.1) is 0 Å². The highest BCUT2D eigenvalue weighted by molar-refractivity contribution is 5.88. The highest BCUT2D eigenvalue weighted by Gasteiger charge is 2.23. The normalized spacial score (nSPS) is 14.9. The average molecular weight is 315 g/mol. The molecule has 8 nitrogen and oxygen atoms in total. The molecule has 0 aromatic carbocycles. The molecule has 1 aliphatic heterocycles. The van der Waals surface area contributed by atoms with E-state index in [1.165, 1.54) is 0 Å². The van der Waals surface area contributed by atoms with E-state index in [1.54, 1.807) is 28.0 Å². The van der Waals surface area contributed by atoms with Crippen LogP contribution in [0.4, 0.5) is 16.6 Å². The number of hydrogen-bond donors (Lipinski definition) is 1. The Kier molecular flexibility index (Phi) is 4.40. The van der Waals surface area contributed by atoms with Crippen LogP contribution in [0.25, 0.3) is 0 Å². The maximum Gasteiger partial charge on any atom is 0.323 e. The molecule has 0 saturated carbocycles. The second-order valence-corrected chi connectivity index (χ2v) is 5.45. The number of aromatic nitrogens is 4. The smallest absolute Gasteiger partial charge is 0.323 e. The van der Waals surface area contributed by atoms with Gasteiger partial charge in [-0.25, -0.2) is 14.8 Å². The Balaban J connectivity index is 1.57. The van der Waals surface area contributed by atoms with Crippen molar-refractivity contribution in [2.75, 3.05) is 36.4 Å². The zero-order valence-electron chi connectivity index (χ0n) is 13.4. The van der Waals surface area contributed by atoms with Crippen molar-refractivity contribution in [1.82, 2.24) is 24.6 Å². The first-order valence-electron chi connectivity index (χ1n) is 7.78. The van der Waals surface area contributed by atoms with Crippen LogP contribution in [0.15, 0.2) is 24.5 Å². The molecule has 2 aromatic rings. The summed E-state index contributed by atoms with van der Waals surface area (Å²) in [5, 5.41) is 7.26. The van der Waals surface area contributed by atoms with Gasteiger partial charge in [-0.2, -0.15) is 5.10 Å². The number of piperazine rings is 1. The SMILES string of the molecule is CCc1cc(NC(=O)N2CCN(c3ncccn3)CC2)n(C)n1. The lowest BCUT2D eigenvalue weighted by Gasteiger charge is -2.34. The third kappa shape index (κ3) is 3.41. The Morgan fingerprint density at radius 1 is 1.22 bits per heavy atom. The molecule has 1 N–H and O–H groups in total. The van der Waals surface area contributed by atoms with Gasteiger partial charge in [-0.05, 0) is 12.5 Å². The standard InChI is InChI=1S/C15H21N7O/c1-3-12-11-13(20(2)19-12)18-15(23)22-9-7-21(8-10-22)14-16-5-4-6-17-14/h4-6,11H,3,7-10H2,1-2H3,(H,18,23). The van der Waals surface area contributed by atoms with Gasteiger partial charge >= 0.3 is 6.03 Å². The van der Waals surface area contributed by atoms with Gasteiger partial charge in [-0.15, -0.1) is 0 Å². The molecule has 0 radical (unpaired) electrons. The van der Waals surface area contributed by atoms with E-state index in [9.17, 15) is 4.79 Å². The van der Waals surface area contributed by atoms with Crippen molar-refractivity contribution in [2.45, 2.75) is 13.3 Å². The minimum atomic E-state index is -0.0933. The van der Waals surface area contributed by atoms with Gasteiger partial charge in [0.1, 0.15) is 5.82 Å². The van der Waals surface area contributed by atoms with Gasteiger partial charge in [0, 0.05) is 51.7 Å². The van der Waals surface area contributed by atoms with Crippen LogP contribution in [-0.4, -0.2) is 56.9 Å². The van der Waals surface area contributed by atoms with E-state index in [4.69, 9.17) is 0 Å². The minimum absolute atomic E-state index is 0.0933. The van der Waals surface area contributed by atoms with Crippen LogP contribution in [0.5, 0.6) is 0 Å². The molecule has 2 aromatic heterocycles. The van der Waals surface area contributed by atoms with Crippen molar-refractivity contribution < 1.29 is 4.79 Å². The van der Waals surface area contributed by atoms with Gasteiger partial charge in [0.15, 0.2) is 0 Å². The summed E-state index contributed by atoms with van der Waals surface area (Å²) in [6.07, 6.45) is 4.31. The molecule has 0 spiro atoms. The molecular weight excluding hydrogens is 294 g/mol. The predicted molar refractivity (Wildman–Crippen MR) is 87.4 cm³/mol. The third-order valence-corrected chi connectivity index (χ3v) is 3.93. The lowest BCUT2D eigenvalue weighted by Crippen LogP contribution is -2.50. The van der Waals surface area contributed by atoms with Crippen LogP contribution in [-0.2, 0) is 13.5 Å². The highest BCUT2D eigenvalue weighted by Crippen LogP contribution is 2.13. The number of carbonyl (C=O) groups is 1. The largest absolute Gasteiger partial charge is 0.337 e. The summed E-state index contributed by atoms with van der Waals surface area (Å²) in [6, 6.07) is 3.61. The number of carbonyl (C=O) groups excluding carboxylic acids is 1. The maximum absolute atomic E-state index is 12.4. The van der Waals surface area contributed by atoms with Gasteiger partial charge in [0.2, 0.25) is 5.95 Å². The average Bonchev–Trinajstić information content (AvgIpc) is 2.96. The monoisotopic (exact) mass is 315 g/mol. The maximum atomic E-state index is 12.4. The first-order valence-corrected chi connectivity index (χ1v) is 7.78. The molecule has 2 amide bonds. The second-order valence-electron chi connectivity index (χ2n) is 5.45. The van der Waals surface area contributed by atoms with Gasteiger partial charge in [0.25, 0.3) is 0 Å². The number of urea groups is 1. The van der Waals surface area contributed by atoms with Crippen molar-refractivity contribution in [2.24, 2.45) is 7.05 Å². The van der Waals surface area contributed by atoms with Crippen molar-refractivity contribution in [1.29, 1.82) is 0 Å². The van der Waals surface area contributed by atoms with E-state index < -0.39 is 0 Å². The van der Waals surface area contributed by atoms with Crippen molar-refractivity contribution in [3.8, 4) is 0 Å². The summed E-state index contributed by atoms with van der Waals surface area (Å²) in [5.41, 5.74) is 0.967. The Morgan fingerprint density at radius 3 is 2.52 bits per heavy atom. The van der Waals surface area contributed by atoms with Gasteiger partial charge in [-0.3, -0.25) is 10.00 Å². The van der Waals surface area contributed by atoms with Gasteiger partial charge < -0.3 is 9.80 Å². The fraction of sp³-hybridized carbons (Fsp3) is 0.467. The summed E-state index contributed by atoms with van der Waals surface area (Å²) in [6.45, 7) is 4.77. The molecular formula is C15H21N7O. The molecule has 1 aliphatic rings. The Hall–Kier alpha value is -2.64. The summed E-state index contributed by atoms with van der Waals surface area (Å²) in [5.74, 6) is 1.44. The summed E-state index contributed by atoms with van der Waals surface area (Å²) in [7, 11) is 1.83. The lowest BCUT2D eigenvalue weighted by molar-refractivity contribution is 0.207. The summed E-state index contributed by atoms with van der Waals surface area (Å²) in [4.78, 5) is 24.8. The van der Waals surface area contributed by atoms with Gasteiger partial charge in [0.05, 0.1) is 5.69 Å². The number of nitrogens with zero attached hydrogens (tertiary/aromatic N) is 6. The predicted octanol–water partition coefficient (Wildman–Crippen LogP) is 1.13. The van der Waals surface area contributed by atoms with E-state index in [0.717, 1.165) is 31.0 Å². The summed E-state index contributed by atoms with van der Waals surface area (Å²) >= 11 is 0. The van der Waals surface area contributed by atoms with E-state index >= 15 is 0 Å². The molecule has 1 saturated heterocycles. The molecule has 0 aliphatic carbocycles. The number of nitrogens with one attached hydrogen (secondary N) is 1. The van der Waals surface area contributed by atoms with Crippen LogP contribution >= 0.6 is 0 Å². The van der Waals surface area contributed by atoms with Gasteiger partial charge in [-0.1, -0.05) is 6.92 Å². The minimum Gasteiger partial charge on any atom is -0.337 e. The highest BCUT2D eigenvalue weighted by atomic mass is 16.2. The summed E-state index contributed by atoms with van der Waals surface area (Å²) < 4.78 is 1.70. The van der Waals surface area contributed by atoms with Crippen molar-refractivity contribution in [3.63, 3.8) is 0 Å². The van der Waals surface area contributed by atoms with Crippen LogP contribution in [0.3, 0.4) is 0 Å². The number of anilines is 2. The van der Waals surface area contributed by atoms with E-state index in [1.807, 2.05) is 20.0 Å². The van der Waals surface area contributed by atoms with E-state index in [0.29, 0.717) is 19.0 Å². The van der Waals surface area contributed by atoms with E-state index in [-0.39, 0.29) is 6.03 Å². The number of rotatable bonds is 3. The first kappa shape index (κ1) is 15.3. The van der Waals surface area contributed by atoms with Crippen LogP contribution in [0.2, 0.25) is 0 Å². The molecule has 122 valence electrons. The lowest BCUT2D eigenvalue weighted by atomic mass is 10.3. The molecule has 1 fully saturated rings. The Morgan fingerprint density at radius 2 is 1.91 bits per heavy atom. The molecule has 3 rings (SSSR count). The molecule has 0 unspecified atom stereocenters. The molecule has 0 atom stereocenters. The Labute approximate surface area is 135 Å². The van der Waals surface area contributed by atoms with E-state index in [2.05, 4.69) is 25.3 Å². The molecule has 23 heavy (non-hydrogen) atoms. The van der Waals surface area contributed by atoms with Crippen molar-refractivity contribution in [3.05, 3.63) is 30.2 Å². The fourth-order valence-corrected chi connectivity index (χ4v) is 2.57. The molecule has 0 bridgehead atoms. The Bertz CT molecular complexity index is 662. The topological polar surface area (TPSA) is 79.2 Å². The second kappa shape index (κ2) is 6.64. The zero-order chi connectivity index (χ0) is 16.2. The first-order chi connectivity index (χ1) is 11.2. The van der Waals surface area contributed by atoms with Crippen LogP contribution < -0.4 is 10.2 Å². The number of hydrogen-bond acceptors (Lipinski definition) is 5. The fourth-order valence-electron chi connectivity index (χ4n) is 2.57. The quantitative estimate of drug-likeness (QED) is 0.918. The number of aryl methyl sites for hydroxylation is 2. The van der Waals surface area contributed by atoms with Crippen LogP contribution in [0.1, 0.15) is 12.6 Å². The molecule has 8 heteroatoms.